The molecule has 5 rings (SSSR count). The summed E-state index contributed by atoms with van der Waals surface area (Å²) >= 11 is 3.21. The number of aliphatic imine (C=N–C) groups is 1. The van der Waals surface area contributed by atoms with E-state index < -0.39 is 24.0 Å². The SMILES string of the molecule is CNC(=O)[C@H](N)CS[C@@H](C)c1c2[nH]c(c1C)C=C1C(=CC3=NC(=Cc4[nH]c(c(C)c4[C@@H](C)SC[C@@H](N)C(=O)NC)C2)C(C)=C3CCC(=O)O)C(CCC(=O)O)=C1C. The Hall–Kier alpha value is -4.57. The van der Waals surface area contributed by atoms with Gasteiger partial charge >= 0.3 is 11.9 Å². The fraction of sp³-hybridized carbons (Fsp3) is 0.452. The van der Waals surface area contributed by atoms with E-state index in [1.165, 1.54) is 0 Å². The van der Waals surface area contributed by atoms with Crippen molar-refractivity contribution in [3.63, 3.8) is 0 Å². The number of rotatable bonds is 16. The molecule has 2 aliphatic heterocycles. The van der Waals surface area contributed by atoms with Crippen molar-refractivity contribution >= 4 is 65.1 Å². The molecule has 6 bridgehead atoms. The first-order chi connectivity index (χ1) is 27.0. The van der Waals surface area contributed by atoms with Crippen molar-refractivity contribution in [1.29, 1.82) is 0 Å². The Labute approximate surface area is 342 Å². The first kappa shape index (κ1) is 43.6. The number of nitrogens with zero attached hydrogens (tertiary/aromatic N) is 1. The fourth-order valence-corrected chi connectivity index (χ4v) is 10.1. The average molecular weight is 818 g/mol. The van der Waals surface area contributed by atoms with Gasteiger partial charge in [0.1, 0.15) is 0 Å². The summed E-state index contributed by atoms with van der Waals surface area (Å²) in [7, 11) is 3.15. The molecule has 4 heterocycles. The third kappa shape index (κ3) is 9.43. The quantitative estimate of drug-likeness (QED) is 0.102. The number of thioether (sulfide) groups is 2. The average Bonchev–Trinajstić information content (AvgIpc) is 3.76. The molecule has 2 aromatic rings. The molecule has 10 N–H and O–H groups in total. The largest absolute Gasteiger partial charge is 0.481 e. The van der Waals surface area contributed by atoms with E-state index in [1.807, 2.05) is 26.0 Å². The number of aromatic nitrogens is 2. The van der Waals surface area contributed by atoms with Gasteiger partial charge in [-0.2, -0.15) is 23.5 Å². The lowest BCUT2D eigenvalue weighted by Crippen LogP contribution is -2.40. The van der Waals surface area contributed by atoms with Crippen molar-refractivity contribution in [3.8, 4) is 0 Å². The van der Waals surface area contributed by atoms with Crippen LogP contribution < -0.4 is 22.1 Å². The third-order valence-electron chi connectivity index (χ3n) is 11.1. The Morgan fingerprint density at radius 3 is 1.84 bits per heavy atom. The molecule has 0 saturated heterocycles. The summed E-state index contributed by atoms with van der Waals surface area (Å²) < 4.78 is 0. The van der Waals surface area contributed by atoms with Crippen LogP contribution >= 0.6 is 23.5 Å². The third-order valence-corrected chi connectivity index (χ3v) is 13.7. The van der Waals surface area contributed by atoms with Gasteiger partial charge in [-0.25, -0.2) is 4.99 Å². The molecule has 306 valence electrons. The van der Waals surface area contributed by atoms with Crippen LogP contribution in [0.1, 0.15) is 109 Å². The minimum atomic E-state index is -0.909. The Balaban J connectivity index is 1.73. The molecule has 4 atom stereocenters. The number of allylic oxidation sites excluding steroid dienone is 7. The maximum Gasteiger partial charge on any atom is 0.303 e. The van der Waals surface area contributed by atoms with Gasteiger partial charge in [0.15, 0.2) is 0 Å². The van der Waals surface area contributed by atoms with Crippen LogP contribution in [0.4, 0.5) is 0 Å². The van der Waals surface area contributed by atoms with Gasteiger partial charge in [-0.1, -0.05) is 0 Å². The van der Waals surface area contributed by atoms with Gasteiger partial charge in [0.05, 0.1) is 23.5 Å². The summed E-state index contributed by atoms with van der Waals surface area (Å²) in [5.41, 5.74) is 27.4. The highest BCUT2D eigenvalue weighted by atomic mass is 32.2. The number of carboxylic acids is 2. The molecule has 0 saturated carbocycles. The number of carbonyl (C=O) groups excluding carboxylic acids is 2. The van der Waals surface area contributed by atoms with Crippen molar-refractivity contribution in [3.05, 3.63) is 90.2 Å². The lowest BCUT2D eigenvalue weighted by molar-refractivity contribution is -0.137. The number of carbonyl (C=O) groups is 4. The Morgan fingerprint density at radius 1 is 0.737 bits per heavy atom. The van der Waals surface area contributed by atoms with Crippen LogP contribution in [0.25, 0.3) is 12.2 Å². The van der Waals surface area contributed by atoms with Crippen molar-refractivity contribution < 1.29 is 29.4 Å². The molecule has 0 aromatic carbocycles. The lowest BCUT2D eigenvalue weighted by Gasteiger charge is -2.29. The summed E-state index contributed by atoms with van der Waals surface area (Å²) in [6.07, 6.45) is 7.20. The van der Waals surface area contributed by atoms with E-state index in [9.17, 15) is 29.4 Å². The summed E-state index contributed by atoms with van der Waals surface area (Å²) in [6, 6.07) is -1.33. The molecule has 0 fully saturated rings. The van der Waals surface area contributed by atoms with Crippen LogP contribution in [-0.2, 0) is 25.6 Å². The maximum atomic E-state index is 12.3. The van der Waals surface area contributed by atoms with Crippen LogP contribution in [0, 0.1) is 13.8 Å². The zero-order chi connectivity index (χ0) is 41.9. The topological polar surface area (TPSA) is 229 Å². The Bertz CT molecular complexity index is 2170. The van der Waals surface area contributed by atoms with Gasteiger partial charge in [0.2, 0.25) is 11.8 Å². The van der Waals surface area contributed by atoms with E-state index in [1.54, 1.807) is 37.6 Å². The number of aliphatic carboxylic acids is 2. The number of likely N-dealkylation sites (N-methyl/N-ethyl adjacent to an activating group) is 2. The molecule has 15 heteroatoms. The number of aromatic amines is 2. The number of hydrogen-bond donors (Lipinski definition) is 8. The van der Waals surface area contributed by atoms with E-state index >= 15 is 0 Å². The number of hydrogen-bond acceptors (Lipinski definition) is 9. The number of fused-ring (bicyclic) bond motifs is 6. The van der Waals surface area contributed by atoms with Gasteiger partial charge in [0, 0.05) is 78.1 Å². The van der Waals surface area contributed by atoms with Crippen LogP contribution in [0.5, 0.6) is 0 Å². The first-order valence-electron chi connectivity index (χ1n) is 19.2. The number of amides is 2. The second kappa shape index (κ2) is 18.3. The standard InChI is InChI=1S/C42H55N7O6S2/c1-19-25(9-11-37(50)51)28-14-34-26(10-12-38(52)53)20(2)32(47-34)15-35-40(24(6)57-18-30(44)42(55)46-8)22(4)33(49-35)16-36-39(21(3)31(48-36)13-27(19)28)23(5)56-17-29(43)41(54)45-7/h13-15,23-24,29-30,48-49H,9-12,16-18,43-44H2,1-8H3,(H,45,54)(H,46,55)(H,50,51)(H,52,53)/t23-,24+,29+,30+/m0/s1. The zero-order valence-electron chi connectivity index (χ0n) is 33.9. The van der Waals surface area contributed by atoms with Crippen molar-refractivity contribution in [2.75, 3.05) is 25.6 Å². The summed E-state index contributed by atoms with van der Waals surface area (Å²) in [4.78, 5) is 60.8. The van der Waals surface area contributed by atoms with E-state index in [2.05, 4.69) is 54.4 Å². The number of H-pyrrole nitrogens is 2. The molecule has 2 aromatic heterocycles. The van der Waals surface area contributed by atoms with Crippen LogP contribution in [0.15, 0.2) is 50.2 Å². The molecule has 2 amide bonds. The van der Waals surface area contributed by atoms with E-state index in [0.29, 0.717) is 35.8 Å². The van der Waals surface area contributed by atoms with Crippen molar-refractivity contribution in [1.82, 2.24) is 20.6 Å². The van der Waals surface area contributed by atoms with Gasteiger partial charge in [-0.05, 0) is 128 Å². The molecule has 1 aliphatic carbocycles. The molecular formula is C42H55N7O6S2. The minimum Gasteiger partial charge on any atom is -0.481 e. The van der Waals surface area contributed by atoms with E-state index in [-0.39, 0.29) is 41.6 Å². The predicted octanol–water partition coefficient (Wildman–Crippen LogP) is 5.78. The first-order valence-corrected chi connectivity index (χ1v) is 21.3. The molecule has 57 heavy (non-hydrogen) atoms. The van der Waals surface area contributed by atoms with Gasteiger partial charge in [-0.15, -0.1) is 0 Å². The highest BCUT2D eigenvalue weighted by Crippen LogP contribution is 2.46. The molecule has 3 aliphatic rings. The number of nitrogens with two attached hydrogens (primary N) is 2. The second-order valence-electron chi connectivity index (χ2n) is 14.8. The summed E-state index contributed by atoms with van der Waals surface area (Å²) in [5.74, 6) is -1.40. The Morgan fingerprint density at radius 2 is 1.28 bits per heavy atom. The fourth-order valence-electron chi connectivity index (χ4n) is 7.82. The number of nitrogens with one attached hydrogen (secondary N) is 4. The second-order valence-corrected chi connectivity index (χ2v) is 17.6. The van der Waals surface area contributed by atoms with Gasteiger partial charge in [0.25, 0.3) is 0 Å². The van der Waals surface area contributed by atoms with Gasteiger partial charge < -0.3 is 42.3 Å². The van der Waals surface area contributed by atoms with Crippen LogP contribution in [-0.4, -0.2) is 87.3 Å². The molecule has 0 spiro atoms. The van der Waals surface area contributed by atoms with Crippen LogP contribution in [0.2, 0.25) is 0 Å². The van der Waals surface area contributed by atoms with E-state index in [0.717, 1.165) is 78.5 Å². The predicted molar refractivity (Wildman–Crippen MR) is 230 cm³/mol. The summed E-state index contributed by atoms with van der Waals surface area (Å²) in [5, 5.41) is 24.5. The number of carboxylic acid groups (broad SMARTS) is 2. The lowest BCUT2D eigenvalue weighted by atomic mass is 9.74. The van der Waals surface area contributed by atoms with Crippen LogP contribution in [0.3, 0.4) is 0 Å². The highest BCUT2D eigenvalue weighted by molar-refractivity contribution is 7.99. The summed E-state index contributed by atoms with van der Waals surface area (Å²) in [6.45, 7) is 12.4. The highest BCUT2D eigenvalue weighted by Gasteiger charge is 2.32. The van der Waals surface area contributed by atoms with Crippen molar-refractivity contribution in [2.24, 2.45) is 16.5 Å². The normalized spacial score (nSPS) is 17.2. The van der Waals surface area contributed by atoms with E-state index in [4.69, 9.17) is 16.5 Å². The molecule has 0 unspecified atom stereocenters. The van der Waals surface area contributed by atoms with Crippen molar-refractivity contribution in [2.45, 2.75) is 96.2 Å². The van der Waals surface area contributed by atoms with Gasteiger partial charge in [-0.3, -0.25) is 19.2 Å². The zero-order valence-corrected chi connectivity index (χ0v) is 35.6. The molecular weight excluding hydrogens is 763 g/mol. The maximum absolute atomic E-state index is 12.3. The molecule has 0 radical (unpaired) electrons. The monoisotopic (exact) mass is 817 g/mol. The molecule has 13 nitrogen and oxygen atoms in total. The smallest absolute Gasteiger partial charge is 0.303 e. The minimum absolute atomic E-state index is 0.0250. The Kier molecular flexibility index (Phi) is 14.0.